The number of aryl methyl sites for hydroxylation is 1. The number of hydrogen-bond acceptors (Lipinski definition) is 5. The van der Waals surface area contributed by atoms with Gasteiger partial charge in [-0.1, -0.05) is 28.1 Å². The summed E-state index contributed by atoms with van der Waals surface area (Å²) in [5.41, 5.74) is 2.34. The summed E-state index contributed by atoms with van der Waals surface area (Å²) in [6.07, 6.45) is 0.336. The zero-order valence-electron chi connectivity index (χ0n) is 20.0. The van der Waals surface area contributed by atoms with Crippen LogP contribution in [-0.2, 0) is 17.5 Å². The molecule has 1 aliphatic heterocycles. The SMILES string of the molecule is Cc1cc(CNC(=O)C2CCCN(c3ncnc4nn(-c5ccc(C(F)(F)F)cc5)cc34)C2)ccc1Br. The van der Waals surface area contributed by atoms with Gasteiger partial charge in [0.05, 0.1) is 22.6 Å². The fourth-order valence-electron chi connectivity index (χ4n) is 4.55. The second-order valence-corrected chi connectivity index (χ2v) is 9.99. The molecule has 11 heteroatoms. The van der Waals surface area contributed by atoms with Crippen molar-refractivity contribution in [2.24, 2.45) is 5.92 Å². The van der Waals surface area contributed by atoms with Crippen LogP contribution in [0.4, 0.5) is 19.0 Å². The van der Waals surface area contributed by atoms with Crippen molar-refractivity contribution in [1.82, 2.24) is 25.1 Å². The van der Waals surface area contributed by atoms with Gasteiger partial charge in [0.1, 0.15) is 12.1 Å². The Morgan fingerprint density at radius 3 is 2.68 bits per heavy atom. The topological polar surface area (TPSA) is 75.9 Å². The highest BCUT2D eigenvalue weighted by atomic mass is 79.9. The molecule has 1 aliphatic rings. The van der Waals surface area contributed by atoms with Crippen LogP contribution in [-0.4, -0.2) is 38.7 Å². The maximum absolute atomic E-state index is 13.0. The van der Waals surface area contributed by atoms with E-state index in [9.17, 15) is 18.0 Å². The third-order valence-electron chi connectivity index (χ3n) is 6.54. The minimum Gasteiger partial charge on any atom is -0.355 e. The lowest BCUT2D eigenvalue weighted by molar-refractivity contribution is -0.137. The van der Waals surface area contributed by atoms with Gasteiger partial charge in [0, 0.05) is 30.3 Å². The highest BCUT2D eigenvalue weighted by molar-refractivity contribution is 9.10. The van der Waals surface area contributed by atoms with Crippen molar-refractivity contribution >= 4 is 38.7 Å². The summed E-state index contributed by atoms with van der Waals surface area (Å²) in [5.74, 6) is 0.459. The van der Waals surface area contributed by atoms with Crippen molar-refractivity contribution in [3.63, 3.8) is 0 Å². The van der Waals surface area contributed by atoms with Crippen molar-refractivity contribution < 1.29 is 18.0 Å². The zero-order valence-corrected chi connectivity index (χ0v) is 21.6. The molecule has 1 fully saturated rings. The number of rotatable bonds is 5. The Morgan fingerprint density at radius 2 is 1.95 bits per heavy atom. The molecule has 1 unspecified atom stereocenters. The van der Waals surface area contributed by atoms with Gasteiger partial charge >= 0.3 is 6.18 Å². The molecular formula is C26H24BrF3N6O. The van der Waals surface area contributed by atoms with Gasteiger partial charge in [-0.05, 0) is 61.2 Å². The lowest BCUT2D eigenvalue weighted by Gasteiger charge is -2.33. The maximum atomic E-state index is 13.0. The molecule has 192 valence electrons. The van der Waals surface area contributed by atoms with Gasteiger partial charge < -0.3 is 10.2 Å². The number of carbonyl (C=O) groups is 1. The second-order valence-electron chi connectivity index (χ2n) is 9.14. The Labute approximate surface area is 219 Å². The molecule has 0 spiro atoms. The maximum Gasteiger partial charge on any atom is 0.416 e. The highest BCUT2D eigenvalue weighted by Gasteiger charge is 2.30. The Morgan fingerprint density at radius 1 is 1.16 bits per heavy atom. The molecule has 1 amide bonds. The molecule has 0 radical (unpaired) electrons. The molecule has 1 atom stereocenters. The van der Waals surface area contributed by atoms with E-state index in [0.29, 0.717) is 35.6 Å². The number of aromatic nitrogens is 4. The van der Waals surface area contributed by atoms with E-state index in [1.165, 1.54) is 23.1 Å². The van der Waals surface area contributed by atoms with E-state index in [1.807, 2.05) is 25.1 Å². The third kappa shape index (κ3) is 5.46. The van der Waals surface area contributed by atoms with Crippen molar-refractivity contribution in [3.05, 3.63) is 76.2 Å². The van der Waals surface area contributed by atoms with Crippen molar-refractivity contribution in [1.29, 1.82) is 0 Å². The van der Waals surface area contributed by atoms with Crippen LogP contribution in [0.15, 0.2) is 59.5 Å². The third-order valence-corrected chi connectivity index (χ3v) is 7.43. The first kappa shape index (κ1) is 25.2. The Kier molecular flexibility index (Phi) is 6.89. The number of hydrogen-bond donors (Lipinski definition) is 1. The van der Waals surface area contributed by atoms with Gasteiger partial charge in [0.15, 0.2) is 5.65 Å². The van der Waals surface area contributed by atoms with Crippen LogP contribution in [0.5, 0.6) is 0 Å². The summed E-state index contributed by atoms with van der Waals surface area (Å²) < 4.78 is 41.3. The average molecular weight is 573 g/mol. The first-order valence-corrected chi connectivity index (χ1v) is 12.6. The number of carbonyl (C=O) groups excluding carboxylic acids is 1. The van der Waals surface area contributed by atoms with Crippen LogP contribution < -0.4 is 10.2 Å². The van der Waals surface area contributed by atoms with E-state index < -0.39 is 11.7 Å². The van der Waals surface area contributed by atoms with E-state index in [-0.39, 0.29) is 11.8 Å². The summed E-state index contributed by atoms with van der Waals surface area (Å²) in [6, 6.07) is 10.8. The molecule has 1 N–H and O–H groups in total. The number of amides is 1. The second kappa shape index (κ2) is 10.1. The Balaban J connectivity index is 1.32. The van der Waals surface area contributed by atoms with Crippen molar-refractivity contribution in [2.45, 2.75) is 32.5 Å². The normalized spacial score (nSPS) is 16.2. The molecule has 2 aromatic carbocycles. The van der Waals surface area contributed by atoms with Crippen LogP contribution in [0, 0.1) is 12.8 Å². The fourth-order valence-corrected chi connectivity index (χ4v) is 4.79. The van der Waals surface area contributed by atoms with Gasteiger partial charge in [0.2, 0.25) is 5.91 Å². The Bertz CT molecular complexity index is 1440. The van der Waals surface area contributed by atoms with E-state index in [4.69, 9.17) is 0 Å². The first-order valence-electron chi connectivity index (χ1n) is 11.8. The largest absolute Gasteiger partial charge is 0.416 e. The molecule has 5 rings (SSSR count). The minimum absolute atomic E-state index is 0.00368. The monoisotopic (exact) mass is 572 g/mol. The number of piperidine rings is 1. The van der Waals surface area contributed by atoms with Gasteiger partial charge in [-0.3, -0.25) is 4.79 Å². The van der Waals surface area contributed by atoms with Crippen LogP contribution in [0.25, 0.3) is 16.7 Å². The minimum atomic E-state index is -4.40. The lowest BCUT2D eigenvalue weighted by atomic mass is 9.97. The van der Waals surface area contributed by atoms with E-state index in [0.717, 1.165) is 47.1 Å². The number of nitrogens with zero attached hydrogens (tertiary/aromatic N) is 5. The smallest absolute Gasteiger partial charge is 0.355 e. The fraction of sp³-hybridized carbons (Fsp3) is 0.308. The molecule has 1 saturated heterocycles. The van der Waals surface area contributed by atoms with Crippen molar-refractivity contribution in [2.75, 3.05) is 18.0 Å². The molecule has 0 aliphatic carbocycles. The van der Waals surface area contributed by atoms with Gasteiger partial charge in [0.25, 0.3) is 0 Å². The van der Waals surface area contributed by atoms with E-state index >= 15 is 0 Å². The Hall–Kier alpha value is -3.47. The number of nitrogens with one attached hydrogen (secondary N) is 1. The van der Waals surface area contributed by atoms with Crippen LogP contribution in [0.1, 0.15) is 29.5 Å². The summed E-state index contributed by atoms with van der Waals surface area (Å²) in [6.45, 7) is 3.70. The number of halogens is 4. The number of anilines is 1. The van der Waals surface area contributed by atoms with Gasteiger partial charge in [-0.2, -0.15) is 13.2 Å². The van der Waals surface area contributed by atoms with Crippen LogP contribution >= 0.6 is 15.9 Å². The number of benzene rings is 2. The summed E-state index contributed by atoms with van der Waals surface area (Å²) in [7, 11) is 0. The van der Waals surface area contributed by atoms with Crippen LogP contribution in [0.2, 0.25) is 0 Å². The highest BCUT2D eigenvalue weighted by Crippen LogP contribution is 2.31. The molecule has 7 nitrogen and oxygen atoms in total. The predicted octanol–water partition coefficient (Wildman–Crippen LogP) is 5.44. The zero-order chi connectivity index (χ0) is 26.2. The van der Waals surface area contributed by atoms with Gasteiger partial charge in [-0.15, -0.1) is 5.10 Å². The summed E-state index contributed by atoms with van der Waals surface area (Å²) >= 11 is 3.49. The standard InChI is InChI=1S/C26H24BrF3N6O/c1-16-11-17(4-9-22(16)27)12-31-25(37)18-3-2-10-35(13-18)24-21-14-36(34-23(21)32-15-33-24)20-7-5-19(6-8-20)26(28,29)30/h4-9,11,14-15,18H,2-3,10,12-13H2,1H3,(H,31,37). The number of fused-ring (bicyclic) bond motifs is 1. The summed E-state index contributed by atoms with van der Waals surface area (Å²) in [4.78, 5) is 23.7. The van der Waals surface area contributed by atoms with E-state index in [1.54, 1.807) is 6.20 Å². The molecule has 37 heavy (non-hydrogen) atoms. The van der Waals surface area contributed by atoms with Crippen molar-refractivity contribution in [3.8, 4) is 5.69 Å². The molecule has 4 aromatic rings. The molecule has 3 heterocycles. The molecule has 0 saturated carbocycles. The molecule has 2 aromatic heterocycles. The quantitative estimate of drug-likeness (QED) is 0.345. The molecular weight excluding hydrogens is 549 g/mol. The molecule has 0 bridgehead atoms. The predicted molar refractivity (Wildman–Crippen MR) is 137 cm³/mol. The lowest BCUT2D eigenvalue weighted by Crippen LogP contribution is -2.43. The van der Waals surface area contributed by atoms with Gasteiger partial charge in [-0.25, -0.2) is 14.6 Å². The summed E-state index contributed by atoms with van der Waals surface area (Å²) in [5, 5.41) is 8.17. The first-order chi connectivity index (χ1) is 17.7. The number of alkyl halides is 3. The van der Waals surface area contributed by atoms with Crippen LogP contribution in [0.3, 0.4) is 0 Å². The van der Waals surface area contributed by atoms with E-state index in [2.05, 4.69) is 41.2 Å². The average Bonchev–Trinajstić information content (AvgIpc) is 3.33.